The summed E-state index contributed by atoms with van der Waals surface area (Å²) in [5, 5.41) is 8.54. The van der Waals surface area contributed by atoms with Crippen molar-refractivity contribution >= 4 is 46.5 Å². The summed E-state index contributed by atoms with van der Waals surface area (Å²) < 4.78 is 32.6. The predicted octanol–water partition coefficient (Wildman–Crippen LogP) is 4.13. The second-order valence-corrected chi connectivity index (χ2v) is 12.7. The second-order valence-electron chi connectivity index (χ2n) is 10.5. The van der Waals surface area contributed by atoms with Gasteiger partial charge in [-0.1, -0.05) is 12.1 Å². The van der Waals surface area contributed by atoms with Crippen LogP contribution in [-0.4, -0.2) is 46.8 Å². The SMILES string of the molecule is CC1(C)OB(c2ccc(-c3nnc(-c4ccc(B5OC(C)(C)C(C)(C)O5)s4)o3)s2)OC1(C)C. The van der Waals surface area contributed by atoms with Crippen LogP contribution in [0.25, 0.3) is 21.5 Å². The standard InChI is InChI=1S/C22H28B2N2O5S2/c1-19(2)20(3,4)29-23(28-19)15-11-9-13(32-15)17-25-26-18(27-17)14-10-12-16(33-14)24-30-21(5,6)22(7,8)31-24/h9-12H,1-8H3. The molecule has 0 saturated carbocycles. The van der Waals surface area contributed by atoms with Crippen LogP contribution in [0.2, 0.25) is 0 Å². The second kappa shape index (κ2) is 7.50. The van der Waals surface area contributed by atoms with E-state index < -0.39 is 14.2 Å². The monoisotopic (exact) mass is 486 g/mol. The maximum absolute atomic E-state index is 6.15. The molecule has 5 rings (SSSR count). The quantitative estimate of drug-likeness (QED) is 0.514. The molecule has 3 aromatic rings. The maximum atomic E-state index is 6.15. The lowest BCUT2D eigenvalue weighted by molar-refractivity contribution is 0.00578. The Kier molecular flexibility index (Phi) is 5.29. The van der Waals surface area contributed by atoms with Crippen molar-refractivity contribution in [1.82, 2.24) is 10.2 Å². The van der Waals surface area contributed by atoms with Crippen molar-refractivity contribution in [3.05, 3.63) is 24.3 Å². The molecule has 3 aromatic heterocycles. The molecule has 0 spiro atoms. The third-order valence-corrected chi connectivity index (χ3v) is 9.26. The minimum Gasteiger partial charge on any atom is -0.414 e. The molecule has 33 heavy (non-hydrogen) atoms. The molecule has 0 unspecified atom stereocenters. The molecule has 2 saturated heterocycles. The minimum absolute atomic E-state index is 0.381. The third-order valence-electron chi connectivity index (χ3n) is 7.07. The summed E-state index contributed by atoms with van der Waals surface area (Å²) >= 11 is 3.07. The van der Waals surface area contributed by atoms with Crippen LogP contribution in [-0.2, 0) is 18.6 Å². The van der Waals surface area contributed by atoms with E-state index in [1.54, 1.807) is 0 Å². The predicted molar refractivity (Wildman–Crippen MR) is 132 cm³/mol. The van der Waals surface area contributed by atoms with Gasteiger partial charge in [-0.15, -0.1) is 32.9 Å². The van der Waals surface area contributed by atoms with E-state index >= 15 is 0 Å². The van der Waals surface area contributed by atoms with Gasteiger partial charge in [0.2, 0.25) is 0 Å². The van der Waals surface area contributed by atoms with Gasteiger partial charge in [0.25, 0.3) is 11.8 Å². The van der Waals surface area contributed by atoms with Crippen molar-refractivity contribution < 1.29 is 23.0 Å². The molecular weight excluding hydrogens is 458 g/mol. The van der Waals surface area contributed by atoms with E-state index in [-0.39, 0.29) is 22.4 Å². The van der Waals surface area contributed by atoms with Gasteiger partial charge < -0.3 is 23.0 Å². The van der Waals surface area contributed by atoms with E-state index in [1.807, 2.05) is 79.7 Å². The Bertz CT molecular complexity index is 1060. The van der Waals surface area contributed by atoms with E-state index in [1.165, 1.54) is 22.7 Å². The molecule has 7 nitrogen and oxygen atoms in total. The first-order valence-electron chi connectivity index (χ1n) is 11.0. The molecule has 2 aliphatic rings. The fraction of sp³-hybridized carbons (Fsp3) is 0.545. The topological polar surface area (TPSA) is 75.8 Å². The fourth-order valence-electron chi connectivity index (χ4n) is 3.53. The highest BCUT2D eigenvalue weighted by molar-refractivity contribution is 7.25. The van der Waals surface area contributed by atoms with Gasteiger partial charge in [-0.25, -0.2) is 0 Å². The Hall–Kier alpha value is -1.49. The molecule has 0 radical (unpaired) electrons. The molecule has 0 amide bonds. The van der Waals surface area contributed by atoms with Gasteiger partial charge in [0.05, 0.1) is 32.2 Å². The van der Waals surface area contributed by atoms with Crippen molar-refractivity contribution in [1.29, 1.82) is 0 Å². The lowest BCUT2D eigenvalue weighted by Gasteiger charge is -2.32. The van der Waals surface area contributed by atoms with Crippen LogP contribution < -0.4 is 9.55 Å². The average Bonchev–Trinajstić information content (AvgIpc) is 3.48. The summed E-state index contributed by atoms with van der Waals surface area (Å²) in [4.78, 5) is 1.75. The summed E-state index contributed by atoms with van der Waals surface area (Å²) in [5.41, 5.74) is -1.53. The number of aromatic nitrogens is 2. The molecular formula is C22H28B2N2O5S2. The van der Waals surface area contributed by atoms with E-state index in [4.69, 9.17) is 23.0 Å². The highest BCUT2D eigenvalue weighted by atomic mass is 32.1. The average molecular weight is 486 g/mol. The smallest absolute Gasteiger partial charge is 0.414 e. The molecule has 2 fully saturated rings. The Morgan fingerprint density at radius 1 is 0.576 bits per heavy atom. The lowest BCUT2D eigenvalue weighted by atomic mass is 9.88. The number of thiophene rings is 2. The summed E-state index contributed by atoms with van der Waals surface area (Å²) in [5.74, 6) is 0.951. The molecule has 174 valence electrons. The molecule has 0 bridgehead atoms. The van der Waals surface area contributed by atoms with E-state index in [2.05, 4.69) is 10.2 Å². The highest BCUT2D eigenvalue weighted by Crippen LogP contribution is 2.39. The zero-order chi connectivity index (χ0) is 23.8. The van der Waals surface area contributed by atoms with E-state index in [0.29, 0.717) is 11.8 Å². The number of hydrogen-bond acceptors (Lipinski definition) is 9. The normalized spacial score (nSPS) is 22.9. The molecule has 0 aliphatic carbocycles. The molecule has 0 N–H and O–H groups in total. The minimum atomic E-state index is -0.407. The Labute approximate surface area is 203 Å². The van der Waals surface area contributed by atoms with Gasteiger partial charge in [-0.05, 0) is 67.5 Å². The van der Waals surface area contributed by atoms with E-state index in [0.717, 1.165) is 19.3 Å². The molecule has 0 atom stereocenters. The Morgan fingerprint density at radius 3 is 1.24 bits per heavy atom. The first-order chi connectivity index (χ1) is 15.3. The maximum Gasteiger partial charge on any atom is 0.505 e. The van der Waals surface area contributed by atoms with Crippen molar-refractivity contribution in [3.8, 4) is 21.5 Å². The summed E-state index contributed by atoms with van der Waals surface area (Å²) in [6, 6.07) is 7.92. The lowest BCUT2D eigenvalue weighted by Crippen LogP contribution is -2.41. The van der Waals surface area contributed by atoms with Gasteiger partial charge in [-0.3, -0.25) is 0 Å². The van der Waals surface area contributed by atoms with Gasteiger partial charge >= 0.3 is 14.2 Å². The van der Waals surface area contributed by atoms with Crippen LogP contribution in [0.4, 0.5) is 0 Å². The van der Waals surface area contributed by atoms with Gasteiger partial charge in [0.15, 0.2) is 0 Å². The summed E-state index contributed by atoms with van der Waals surface area (Å²) in [7, 11) is -0.813. The van der Waals surface area contributed by atoms with Crippen LogP contribution in [0.15, 0.2) is 28.7 Å². The van der Waals surface area contributed by atoms with Crippen molar-refractivity contribution in [2.45, 2.75) is 77.8 Å². The third kappa shape index (κ3) is 3.92. The summed E-state index contributed by atoms with van der Waals surface area (Å²) in [6.45, 7) is 16.4. The first-order valence-corrected chi connectivity index (χ1v) is 12.7. The molecule has 2 aliphatic heterocycles. The van der Waals surface area contributed by atoms with Crippen LogP contribution >= 0.6 is 22.7 Å². The zero-order valence-corrected chi connectivity index (χ0v) is 21.8. The van der Waals surface area contributed by atoms with Crippen LogP contribution in [0.3, 0.4) is 0 Å². The van der Waals surface area contributed by atoms with Gasteiger partial charge in [-0.2, -0.15) is 0 Å². The largest absolute Gasteiger partial charge is 0.505 e. The van der Waals surface area contributed by atoms with E-state index in [9.17, 15) is 0 Å². The van der Waals surface area contributed by atoms with Crippen molar-refractivity contribution in [2.75, 3.05) is 0 Å². The van der Waals surface area contributed by atoms with Crippen molar-refractivity contribution in [3.63, 3.8) is 0 Å². The summed E-state index contributed by atoms with van der Waals surface area (Å²) in [6.07, 6.45) is 0. The van der Waals surface area contributed by atoms with Gasteiger partial charge in [0, 0.05) is 9.55 Å². The zero-order valence-electron chi connectivity index (χ0n) is 20.2. The Morgan fingerprint density at radius 2 is 0.909 bits per heavy atom. The van der Waals surface area contributed by atoms with Crippen molar-refractivity contribution in [2.24, 2.45) is 0 Å². The first kappa shape index (κ1) is 23.3. The molecule has 5 heterocycles. The molecule has 0 aromatic carbocycles. The highest BCUT2D eigenvalue weighted by Gasteiger charge is 2.53. The van der Waals surface area contributed by atoms with Gasteiger partial charge in [0.1, 0.15) is 0 Å². The Balaban J connectivity index is 1.32. The molecule has 11 heteroatoms. The fourth-order valence-corrected chi connectivity index (χ4v) is 5.31. The number of nitrogens with zero attached hydrogens (tertiary/aromatic N) is 2. The van der Waals surface area contributed by atoms with Crippen LogP contribution in [0, 0.1) is 0 Å². The van der Waals surface area contributed by atoms with Crippen LogP contribution in [0.5, 0.6) is 0 Å². The number of hydrogen-bond donors (Lipinski definition) is 0. The van der Waals surface area contributed by atoms with Crippen LogP contribution in [0.1, 0.15) is 55.4 Å². The number of rotatable bonds is 4.